The topological polar surface area (TPSA) is 3.24 Å². The third-order valence-corrected chi connectivity index (χ3v) is 9.45. The van der Waals surface area contributed by atoms with E-state index in [0.717, 1.165) is 23.5 Å². The average molecular weight is 540 g/mol. The smallest absolute Gasteiger partial charge is 0.0462 e. The van der Waals surface area contributed by atoms with Crippen molar-refractivity contribution in [2.24, 2.45) is 0 Å². The van der Waals surface area contributed by atoms with Gasteiger partial charge < -0.3 is 4.90 Å². The summed E-state index contributed by atoms with van der Waals surface area (Å²) in [5, 5.41) is 0. The normalized spacial score (nSPS) is 15.7. The van der Waals surface area contributed by atoms with Crippen LogP contribution in [0.3, 0.4) is 0 Å². The van der Waals surface area contributed by atoms with Crippen LogP contribution in [0.4, 0.5) is 17.1 Å². The van der Waals surface area contributed by atoms with Crippen LogP contribution in [-0.2, 0) is 11.8 Å². The van der Waals surface area contributed by atoms with Gasteiger partial charge in [-0.15, -0.1) is 0 Å². The summed E-state index contributed by atoms with van der Waals surface area (Å²) in [4.78, 5) is 2.31. The maximum Gasteiger partial charge on any atom is 0.0462 e. The molecule has 0 N–H and O–H groups in total. The first-order valence-electron chi connectivity index (χ1n) is 15.0. The van der Waals surface area contributed by atoms with Gasteiger partial charge in [-0.25, -0.2) is 0 Å². The van der Waals surface area contributed by atoms with Gasteiger partial charge >= 0.3 is 0 Å². The molecule has 0 radical (unpaired) electrons. The summed E-state index contributed by atoms with van der Waals surface area (Å²) < 4.78 is 0. The van der Waals surface area contributed by atoms with E-state index in [4.69, 9.17) is 0 Å². The Hall–Kier alpha value is -4.88. The molecule has 6 aromatic carbocycles. The second kappa shape index (κ2) is 9.60. The summed E-state index contributed by atoms with van der Waals surface area (Å²) in [5.41, 5.74) is 16.1. The van der Waals surface area contributed by atoms with E-state index in [-0.39, 0.29) is 5.41 Å². The Morgan fingerprint density at radius 3 is 1.83 bits per heavy atom. The van der Waals surface area contributed by atoms with Crippen LogP contribution in [0.2, 0.25) is 0 Å². The van der Waals surface area contributed by atoms with Crippen molar-refractivity contribution in [3.8, 4) is 22.3 Å². The fraction of sp³-hybridized carbons (Fsp3) is 0.122. The van der Waals surface area contributed by atoms with Crippen molar-refractivity contribution < 1.29 is 0 Å². The van der Waals surface area contributed by atoms with Crippen molar-refractivity contribution in [1.82, 2.24) is 0 Å². The lowest BCUT2D eigenvalue weighted by Crippen LogP contribution is -2.31. The van der Waals surface area contributed by atoms with E-state index in [1.54, 1.807) is 0 Å². The Morgan fingerprint density at radius 2 is 1.12 bits per heavy atom. The third-order valence-electron chi connectivity index (χ3n) is 9.45. The van der Waals surface area contributed by atoms with Crippen LogP contribution in [0.25, 0.3) is 22.3 Å². The van der Waals surface area contributed by atoms with Crippen molar-refractivity contribution in [1.29, 1.82) is 0 Å². The maximum atomic E-state index is 2.43. The minimum absolute atomic E-state index is 0.00718. The van der Waals surface area contributed by atoms with Crippen LogP contribution in [0.5, 0.6) is 0 Å². The van der Waals surface area contributed by atoms with Gasteiger partial charge in [-0.05, 0) is 99.0 Å². The van der Waals surface area contributed by atoms with Crippen LogP contribution in [0.15, 0.2) is 146 Å². The number of anilines is 3. The van der Waals surface area contributed by atoms with Crippen molar-refractivity contribution in [2.45, 2.75) is 31.6 Å². The standard InChI is InChI=1S/C41H33N/c1-41(2)38-18-10-9-16-34(38)37-27-30-21-20-29(26-36(30)35-17-11-19-39(41)40(35)37)28-22-24-33(25-23-28)42(31-12-5-3-6-13-31)32-14-7-4-8-15-32/h3-26,37H,27H2,1-2H3. The summed E-state index contributed by atoms with van der Waals surface area (Å²) in [7, 11) is 0. The zero-order valence-electron chi connectivity index (χ0n) is 24.1. The molecular weight excluding hydrogens is 506 g/mol. The lowest BCUT2D eigenvalue weighted by molar-refractivity contribution is 0.577. The summed E-state index contributed by atoms with van der Waals surface area (Å²) in [6.07, 6.45) is 1.05. The molecule has 42 heavy (non-hydrogen) atoms. The highest BCUT2D eigenvalue weighted by atomic mass is 15.1. The van der Waals surface area contributed by atoms with Gasteiger partial charge in [0.2, 0.25) is 0 Å². The molecule has 0 bridgehead atoms. The SMILES string of the molecule is CC1(C)c2ccccc2C2Cc3ccc(-c4ccc(N(c5ccccc5)c5ccccc5)cc4)cc3-c3cccc1c32. The van der Waals surface area contributed by atoms with Gasteiger partial charge in [0.1, 0.15) is 0 Å². The van der Waals surface area contributed by atoms with E-state index < -0.39 is 0 Å². The highest BCUT2D eigenvalue weighted by Gasteiger charge is 2.40. The molecule has 0 amide bonds. The third kappa shape index (κ3) is 3.84. The molecule has 1 nitrogen and oxygen atoms in total. The summed E-state index contributed by atoms with van der Waals surface area (Å²) in [6, 6.07) is 53.4. The van der Waals surface area contributed by atoms with Crippen LogP contribution < -0.4 is 4.90 Å². The Bertz CT molecular complexity index is 1880. The summed E-state index contributed by atoms with van der Waals surface area (Å²) in [6.45, 7) is 4.78. The second-order valence-corrected chi connectivity index (χ2v) is 12.2. The minimum atomic E-state index is -0.00718. The molecule has 0 fully saturated rings. The van der Waals surface area contributed by atoms with Crippen LogP contribution in [0, 0.1) is 0 Å². The minimum Gasteiger partial charge on any atom is -0.311 e. The number of nitrogens with zero attached hydrogens (tertiary/aromatic N) is 1. The van der Waals surface area contributed by atoms with Crippen LogP contribution in [-0.4, -0.2) is 0 Å². The predicted molar refractivity (Wildman–Crippen MR) is 176 cm³/mol. The molecule has 0 saturated carbocycles. The number of hydrogen-bond donors (Lipinski definition) is 0. The summed E-state index contributed by atoms with van der Waals surface area (Å²) in [5.74, 6) is 0.417. The molecule has 202 valence electrons. The highest BCUT2D eigenvalue weighted by molar-refractivity contribution is 5.84. The molecular formula is C41H33N. The number of fused-ring (bicyclic) bond motifs is 4. The van der Waals surface area contributed by atoms with Gasteiger partial charge in [-0.2, -0.15) is 0 Å². The maximum absolute atomic E-state index is 2.43. The molecule has 0 heterocycles. The first kappa shape index (κ1) is 24.9. The monoisotopic (exact) mass is 539 g/mol. The van der Waals surface area contributed by atoms with Crippen LogP contribution in [0.1, 0.15) is 47.6 Å². The van der Waals surface area contributed by atoms with Crippen molar-refractivity contribution in [3.05, 3.63) is 173 Å². The molecule has 2 aliphatic rings. The van der Waals surface area contributed by atoms with E-state index in [0.29, 0.717) is 5.92 Å². The van der Waals surface area contributed by atoms with Gasteiger partial charge in [0.25, 0.3) is 0 Å². The van der Waals surface area contributed by atoms with Gasteiger partial charge in [0.15, 0.2) is 0 Å². The molecule has 0 spiro atoms. The first-order chi connectivity index (χ1) is 20.6. The Labute approximate surface area is 248 Å². The van der Waals surface area contributed by atoms with Gasteiger partial charge in [-0.3, -0.25) is 0 Å². The van der Waals surface area contributed by atoms with Crippen molar-refractivity contribution >= 4 is 17.1 Å². The quantitative estimate of drug-likeness (QED) is 0.215. The first-order valence-corrected chi connectivity index (χ1v) is 15.0. The summed E-state index contributed by atoms with van der Waals surface area (Å²) >= 11 is 0. The molecule has 6 aromatic rings. The molecule has 8 rings (SSSR count). The van der Waals surface area contributed by atoms with E-state index in [9.17, 15) is 0 Å². The Morgan fingerprint density at radius 1 is 0.524 bits per heavy atom. The Kier molecular flexibility index (Phi) is 5.69. The number of hydrogen-bond acceptors (Lipinski definition) is 1. The molecule has 2 aliphatic carbocycles. The fourth-order valence-corrected chi connectivity index (χ4v) is 7.41. The van der Waals surface area contributed by atoms with E-state index in [2.05, 4.69) is 164 Å². The zero-order valence-corrected chi connectivity index (χ0v) is 24.1. The average Bonchev–Trinajstić information content (AvgIpc) is 3.05. The number of para-hydroxylation sites is 2. The van der Waals surface area contributed by atoms with Gasteiger partial charge in [-0.1, -0.05) is 117 Å². The number of benzene rings is 6. The largest absolute Gasteiger partial charge is 0.311 e. The molecule has 1 heteroatoms. The van der Waals surface area contributed by atoms with Crippen molar-refractivity contribution in [2.75, 3.05) is 4.90 Å². The second-order valence-electron chi connectivity index (χ2n) is 12.2. The lowest BCUT2D eigenvalue weighted by atomic mass is 9.61. The molecule has 1 unspecified atom stereocenters. The van der Waals surface area contributed by atoms with Crippen molar-refractivity contribution in [3.63, 3.8) is 0 Å². The van der Waals surface area contributed by atoms with E-state index in [1.165, 1.54) is 50.1 Å². The molecule has 0 aliphatic heterocycles. The molecule has 1 atom stereocenters. The number of rotatable bonds is 4. The van der Waals surface area contributed by atoms with E-state index in [1.807, 2.05) is 0 Å². The van der Waals surface area contributed by atoms with Gasteiger partial charge in [0.05, 0.1) is 0 Å². The fourth-order valence-electron chi connectivity index (χ4n) is 7.41. The Balaban J connectivity index is 1.20. The zero-order chi connectivity index (χ0) is 28.3. The van der Waals surface area contributed by atoms with Gasteiger partial charge in [0, 0.05) is 28.4 Å². The molecule has 0 aromatic heterocycles. The van der Waals surface area contributed by atoms with E-state index >= 15 is 0 Å². The van der Waals surface area contributed by atoms with Crippen LogP contribution >= 0.6 is 0 Å². The predicted octanol–water partition coefficient (Wildman–Crippen LogP) is 10.8. The molecule has 0 saturated heterocycles. The highest BCUT2D eigenvalue weighted by Crippen LogP contribution is 2.54. The lowest BCUT2D eigenvalue weighted by Gasteiger charge is -2.43.